The molecule has 0 aromatic heterocycles. The molecule has 0 bridgehead atoms. The van der Waals surface area contributed by atoms with Gasteiger partial charge in [-0.1, -0.05) is 55.0 Å². The smallest absolute Gasteiger partial charge is 0.240 e. The SMILES string of the molecule is CCc1cccc(C)c1NC(=O)C1(C(=O)NCc2cccc(C)c2)CC1. The Hall–Kier alpha value is -2.62. The van der Waals surface area contributed by atoms with Crippen LogP contribution in [0.2, 0.25) is 0 Å². The summed E-state index contributed by atoms with van der Waals surface area (Å²) in [6.07, 6.45) is 2.04. The number of anilines is 1. The Morgan fingerprint density at radius 1 is 1.04 bits per heavy atom. The van der Waals surface area contributed by atoms with Crippen molar-refractivity contribution in [3.8, 4) is 0 Å². The fourth-order valence-corrected chi connectivity index (χ4v) is 3.29. The third-order valence-corrected chi connectivity index (χ3v) is 5.13. The van der Waals surface area contributed by atoms with Crippen LogP contribution in [0.3, 0.4) is 0 Å². The van der Waals surface area contributed by atoms with E-state index < -0.39 is 5.41 Å². The highest BCUT2D eigenvalue weighted by molar-refractivity contribution is 6.13. The Balaban J connectivity index is 1.68. The molecule has 3 rings (SSSR count). The van der Waals surface area contributed by atoms with Crippen LogP contribution < -0.4 is 10.6 Å². The highest BCUT2D eigenvalue weighted by atomic mass is 16.2. The van der Waals surface area contributed by atoms with Gasteiger partial charge in [0.15, 0.2) is 0 Å². The number of para-hydroxylation sites is 1. The number of carbonyl (C=O) groups excluding carboxylic acids is 2. The summed E-state index contributed by atoms with van der Waals surface area (Å²) in [6, 6.07) is 14.0. The molecule has 0 atom stereocenters. The zero-order valence-corrected chi connectivity index (χ0v) is 15.7. The largest absolute Gasteiger partial charge is 0.351 e. The van der Waals surface area contributed by atoms with Crippen LogP contribution in [-0.4, -0.2) is 11.8 Å². The summed E-state index contributed by atoms with van der Waals surface area (Å²) in [6.45, 7) is 6.51. The molecule has 2 N–H and O–H groups in total. The molecule has 0 spiro atoms. The minimum absolute atomic E-state index is 0.178. The highest BCUT2D eigenvalue weighted by Crippen LogP contribution is 2.47. The van der Waals surface area contributed by atoms with E-state index in [0.29, 0.717) is 19.4 Å². The second-order valence-corrected chi connectivity index (χ2v) is 7.17. The number of hydrogen-bond donors (Lipinski definition) is 2. The van der Waals surface area contributed by atoms with E-state index in [1.165, 1.54) is 0 Å². The van der Waals surface area contributed by atoms with Gasteiger partial charge in [0.25, 0.3) is 0 Å². The van der Waals surface area contributed by atoms with Crippen molar-refractivity contribution in [3.05, 3.63) is 64.7 Å². The van der Waals surface area contributed by atoms with Crippen LogP contribution in [0.4, 0.5) is 5.69 Å². The summed E-state index contributed by atoms with van der Waals surface area (Å²) in [5.41, 5.74) is 4.24. The summed E-state index contributed by atoms with van der Waals surface area (Å²) in [5.74, 6) is -0.369. The molecule has 0 unspecified atom stereocenters. The predicted octanol–water partition coefficient (Wildman–Crippen LogP) is 3.90. The lowest BCUT2D eigenvalue weighted by Crippen LogP contribution is -2.39. The molecule has 2 amide bonds. The normalized spacial score (nSPS) is 14.6. The molecule has 1 aliphatic carbocycles. The summed E-state index contributed by atoms with van der Waals surface area (Å²) >= 11 is 0. The van der Waals surface area contributed by atoms with Crippen LogP contribution in [0.15, 0.2) is 42.5 Å². The summed E-state index contributed by atoms with van der Waals surface area (Å²) in [5, 5.41) is 5.96. The Morgan fingerprint density at radius 3 is 2.42 bits per heavy atom. The van der Waals surface area contributed by atoms with Crippen LogP contribution in [0.25, 0.3) is 0 Å². The zero-order chi connectivity index (χ0) is 18.7. The van der Waals surface area contributed by atoms with Gasteiger partial charge >= 0.3 is 0 Å². The van der Waals surface area contributed by atoms with Gasteiger partial charge in [-0.3, -0.25) is 9.59 Å². The molecule has 2 aromatic rings. The van der Waals surface area contributed by atoms with Crippen molar-refractivity contribution in [2.75, 3.05) is 5.32 Å². The molecule has 0 aliphatic heterocycles. The van der Waals surface area contributed by atoms with E-state index in [1.807, 2.05) is 56.3 Å². The maximum atomic E-state index is 12.9. The lowest BCUT2D eigenvalue weighted by molar-refractivity contribution is -0.134. The van der Waals surface area contributed by atoms with Crippen molar-refractivity contribution >= 4 is 17.5 Å². The number of carbonyl (C=O) groups is 2. The molecule has 0 saturated heterocycles. The molecule has 26 heavy (non-hydrogen) atoms. The third kappa shape index (κ3) is 3.64. The highest BCUT2D eigenvalue weighted by Gasteiger charge is 2.56. The van der Waals surface area contributed by atoms with Crippen molar-refractivity contribution in [3.63, 3.8) is 0 Å². The van der Waals surface area contributed by atoms with Gasteiger partial charge in [0, 0.05) is 12.2 Å². The van der Waals surface area contributed by atoms with Crippen molar-refractivity contribution in [2.45, 2.75) is 46.6 Å². The van der Waals surface area contributed by atoms with Gasteiger partial charge in [-0.05, 0) is 49.8 Å². The first kappa shape index (κ1) is 18.2. The lowest BCUT2D eigenvalue weighted by atomic mass is 10.0. The third-order valence-electron chi connectivity index (χ3n) is 5.13. The first-order valence-corrected chi connectivity index (χ1v) is 9.20. The zero-order valence-electron chi connectivity index (χ0n) is 15.7. The van der Waals surface area contributed by atoms with Crippen LogP contribution in [-0.2, 0) is 22.6 Å². The van der Waals surface area contributed by atoms with Crippen LogP contribution in [0, 0.1) is 19.3 Å². The molecule has 1 fully saturated rings. The van der Waals surface area contributed by atoms with Gasteiger partial charge in [0.1, 0.15) is 5.41 Å². The average molecular weight is 350 g/mol. The molecule has 2 aromatic carbocycles. The Kier molecular flexibility index (Phi) is 5.12. The standard InChI is InChI=1S/C22H26N2O2/c1-4-18-10-6-8-16(3)19(18)24-21(26)22(11-12-22)20(25)23-14-17-9-5-7-15(2)13-17/h5-10,13H,4,11-12,14H2,1-3H3,(H,23,25)(H,24,26). The van der Waals surface area contributed by atoms with E-state index >= 15 is 0 Å². The number of hydrogen-bond acceptors (Lipinski definition) is 2. The number of amides is 2. The first-order valence-electron chi connectivity index (χ1n) is 9.20. The van der Waals surface area contributed by atoms with Gasteiger partial charge in [0.05, 0.1) is 0 Å². The second-order valence-electron chi connectivity index (χ2n) is 7.17. The van der Waals surface area contributed by atoms with E-state index in [1.54, 1.807) is 0 Å². The lowest BCUT2D eigenvalue weighted by Gasteiger charge is -2.18. The predicted molar refractivity (Wildman–Crippen MR) is 104 cm³/mol. The molecular formula is C22H26N2O2. The van der Waals surface area contributed by atoms with Crippen molar-refractivity contribution in [1.29, 1.82) is 0 Å². The minimum atomic E-state index is -0.920. The van der Waals surface area contributed by atoms with Gasteiger partial charge in [-0.2, -0.15) is 0 Å². The molecule has 1 saturated carbocycles. The molecule has 0 radical (unpaired) electrons. The van der Waals surface area contributed by atoms with E-state index in [9.17, 15) is 9.59 Å². The van der Waals surface area contributed by atoms with Gasteiger partial charge < -0.3 is 10.6 Å². The molecular weight excluding hydrogens is 324 g/mol. The quantitative estimate of drug-likeness (QED) is 0.776. The monoisotopic (exact) mass is 350 g/mol. The van der Waals surface area contributed by atoms with Crippen molar-refractivity contribution < 1.29 is 9.59 Å². The number of aryl methyl sites for hydroxylation is 3. The van der Waals surface area contributed by atoms with Gasteiger partial charge in [-0.25, -0.2) is 0 Å². The maximum absolute atomic E-state index is 12.9. The maximum Gasteiger partial charge on any atom is 0.240 e. The summed E-state index contributed by atoms with van der Waals surface area (Å²) in [7, 11) is 0. The number of benzene rings is 2. The average Bonchev–Trinajstić information content (AvgIpc) is 3.43. The fourth-order valence-electron chi connectivity index (χ4n) is 3.29. The van der Waals surface area contributed by atoms with Gasteiger partial charge in [0.2, 0.25) is 11.8 Å². The molecule has 4 heteroatoms. The van der Waals surface area contributed by atoms with Crippen molar-refractivity contribution in [2.24, 2.45) is 5.41 Å². The number of nitrogens with one attached hydrogen (secondary N) is 2. The molecule has 4 nitrogen and oxygen atoms in total. The topological polar surface area (TPSA) is 58.2 Å². The Bertz CT molecular complexity index is 838. The fraction of sp³-hybridized carbons (Fsp3) is 0.364. The van der Waals surface area contributed by atoms with Gasteiger partial charge in [-0.15, -0.1) is 0 Å². The minimum Gasteiger partial charge on any atom is -0.351 e. The molecule has 136 valence electrons. The summed E-state index contributed by atoms with van der Waals surface area (Å²) < 4.78 is 0. The van der Waals surface area contributed by atoms with Crippen LogP contribution in [0.1, 0.15) is 42.0 Å². The van der Waals surface area contributed by atoms with Crippen LogP contribution >= 0.6 is 0 Å². The second kappa shape index (κ2) is 7.32. The van der Waals surface area contributed by atoms with E-state index in [4.69, 9.17) is 0 Å². The van der Waals surface area contributed by atoms with E-state index in [2.05, 4.69) is 17.6 Å². The Labute approximate surface area is 155 Å². The summed E-state index contributed by atoms with van der Waals surface area (Å²) in [4.78, 5) is 25.5. The first-order chi connectivity index (χ1) is 12.5. The van der Waals surface area contributed by atoms with E-state index in [-0.39, 0.29) is 11.8 Å². The van der Waals surface area contributed by atoms with E-state index in [0.717, 1.165) is 34.4 Å². The molecule has 1 aliphatic rings. The van der Waals surface area contributed by atoms with Crippen molar-refractivity contribution in [1.82, 2.24) is 5.32 Å². The Morgan fingerprint density at radius 2 is 1.77 bits per heavy atom. The van der Waals surface area contributed by atoms with Crippen LogP contribution in [0.5, 0.6) is 0 Å². The molecule has 0 heterocycles. The number of rotatable bonds is 6.